The second-order valence-electron chi connectivity index (χ2n) is 11.9. The van der Waals surface area contributed by atoms with Gasteiger partial charge in [-0.15, -0.1) is 10.8 Å². The Morgan fingerprint density at radius 3 is 2.15 bits per heavy atom. The molecule has 0 saturated carbocycles. The van der Waals surface area contributed by atoms with E-state index < -0.39 is 58.9 Å². The van der Waals surface area contributed by atoms with Crippen LogP contribution < -0.4 is 19.7 Å². The van der Waals surface area contributed by atoms with Crippen LogP contribution in [0.3, 0.4) is 0 Å². The maximum atomic E-state index is 13.7. The molecule has 15 heteroatoms. The number of amides is 1. The molecule has 5 N–H and O–H groups in total. The predicted octanol–water partition coefficient (Wildman–Crippen LogP) is 7.27. The molecule has 1 saturated heterocycles. The number of rotatable bonds is 12. The average molecular weight is 704 g/mol. The van der Waals surface area contributed by atoms with E-state index in [4.69, 9.17) is 4.74 Å². The van der Waals surface area contributed by atoms with E-state index in [0.717, 1.165) is 5.56 Å². The fraction of sp³-hybridized carbons (Fsp3) is 0.424. The molecule has 4 rings (SSSR count). The van der Waals surface area contributed by atoms with Gasteiger partial charge in [0.05, 0.1) is 40.8 Å². The van der Waals surface area contributed by atoms with Gasteiger partial charge in [-0.2, -0.15) is 26.3 Å². The Morgan fingerprint density at radius 1 is 0.917 bits per heavy atom. The van der Waals surface area contributed by atoms with Crippen molar-refractivity contribution in [3.8, 4) is 5.75 Å². The third-order valence-electron chi connectivity index (χ3n) is 7.61. The summed E-state index contributed by atoms with van der Waals surface area (Å²) in [6.45, 7) is 3.24. The fourth-order valence-corrected chi connectivity index (χ4v) is 7.01. The maximum Gasteiger partial charge on any atom is 0.416 e. The Hall–Kier alpha value is -3.50. The molecule has 264 valence electrons. The molecule has 0 radical (unpaired) electrons. The molecular formula is C33H39F6N3O5S. The van der Waals surface area contributed by atoms with Crippen LogP contribution in [-0.4, -0.2) is 57.2 Å². The highest BCUT2D eigenvalue weighted by molar-refractivity contribution is 8.25. The van der Waals surface area contributed by atoms with Crippen LogP contribution in [0.4, 0.5) is 32.0 Å². The van der Waals surface area contributed by atoms with Gasteiger partial charge >= 0.3 is 12.4 Å². The minimum atomic E-state index is -5.00. The van der Waals surface area contributed by atoms with Gasteiger partial charge < -0.3 is 20.5 Å². The number of anilines is 1. The molecule has 2 unspecified atom stereocenters. The number of hydrogen-bond donors (Lipinski definition) is 5. The standard InChI is InChI=1S/C33H39F6N3O5S/c1-21(2)47-28-16-24(15-27(18-28)42-10-6-7-11-48(42,45)46)31(44)41-29(14-22-8-4-3-5-9-22)30(43)20-40-19-23-12-25(32(34,35)36)17-26(13-23)33(37,38)39/h3-5,8-9,12-13,15-18,21,29-30,40,43,45-46H,6-7,10-11,14,19-20H2,1-2H3,(H,41,44). The summed E-state index contributed by atoms with van der Waals surface area (Å²) >= 11 is 0. The van der Waals surface area contributed by atoms with Crippen LogP contribution >= 0.6 is 10.8 Å². The van der Waals surface area contributed by atoms with Gasteiger partial charge in [0.1, 0.15) is 5.75 Å². The molecule has 1 heterocycles. The largest absolute Gasteiger partial charge is 0.491 e. The Labute approximate surface area is 276 Å². The second-order valence-corrected chi connectivity index (χ2v) is 14.0. The number of benzene rings is 3. The summed E-state index contributed by atoms with van der Waals surface area (Å²) in [5.41, 5.74) is -1.94. The van der Waals surface area contributed by atoms with E-state index in [1.54, 1.807) is 50.2 Å². The highest BCUT2D eigenvalue weighted by atomic mass is 32.3. The van der Waals surface area contributed by atoms with Gasteiger partial charge in [0.25, 0.3) is 5.91 Å². The van der Waals surface area contributed by atoms with Gasteiger partial charge in [-0.05, 0) is 74.6 Å². The van der Waals surface area contributed by atoms with Crippen molar-refractivity contribution in [1.82, 2.24) is 10.6 Å². The minimum Gasteiger partial charge on any atom is -0.491 e. The van der Waals surface area contributed by atoms with Crippen molar-refractivity contribution in [2.24, 2.45) is 0 Å². The van der Waals surface area contributed by atoms with Gasteiger partial charge in [-0.1, -0.05) is 30.3 Å². The van der Waals surface area contributed by atoms with Gasteiger partial charge in [0.2, 0.25) is 0 Å². The summed E-state index contributed by atoms with van der Waals surface area (Å²) < 4.78 is 109. The zero-order valence-electron chi connectivity index (χ0n) is 26.3. The van der Waals surface area contributed by atoms with E-state index in [1.807, 2.05) is 0 Å². The molecule has 1 fully saturated rings. The molecule has 0 aromatic heterocycles. The van der Waals surface area contributed by atoms with Crippen LogP contribution in [0.25, 0.3) is 0 Å². The highest BCUT2D eigenvalue weighted by Crippen LogP contribution is 2.50. The summed E-state index contributed by atoms with van der Waals surface area (Å²) in [5, 5.41) is 16.7. The quantitative estimate of drug-likeness (QED) is 0.126. The summed E-state index contributed by atoms with van der Waals surface area (Å²) in [4.78, 5) is 13.7. The first-order valence-corrected chi connectivity index (χ1v) is 17.0. The first-order valence-electron chi connectivity index (χ1n) is 15.3. The number of aliphatic hydroxyl groups is 1. The average Bonchev–Trinajstić information content (AvgIpc) is 2.99. The van der Waals surface area contributed by atoms with E-state index >= 15 is 0 Å². The third kappa shape index (κ3) is 10.3. The number of nitrogens with zero attached hydrogens (tertiary/aromatic N) is 1. The lowest BCUT2D eigenvalue weighted by molar-refractivity contribution is -0.143. The first-order chi connectivity index (χ1) is 22.4. The monoisotopic (exact) mass is 703 g/mol. The SMILES string of the molecule is CC(C)Oc1cc(C(=O)NC(Cc2ccccc2)C(O)CNCc2cc(C(F)(F)F)cc(C(F)(F)F)c2)cc(N2CCCCS2(O)O)c1. The summed E-state index contributed by atoms with van der Waals surface area (Å²) in [6, 6.07) is 13.8. The van der Waals surface area contributed by atoms with E-state index in [2.05, 4.69) is 10.6 Å². The lowest BCUT2D eigenvalue weighted by Gasteiger charge is -2.47. The number of alkyl halides is 6. The van der Waals surface area contributed by atoms with E-state index in [9.17, 15) is 45.3 Å². The number of ether oxygens (including phenoxy) is 1. The molecule has 1 aliphatic heterocycles. The number of carbonyl (C=O) groups is 1. The third-order valence-corrected chi connectivity index (χ3v) is 9.54. The lowest BCUT2D eigenvalue weighted by atomic mass is 10.00. The Kier molecular flexibility index (Phi) is 11.9. The van der Waals surface area contributed by atoms with E-state index in [1.165, 1.54) is 16.4 Å². The van der Waals surface area contributed by atoms with Crippen LogP contribution in [0.1, 0.15) is 59.3 Å². The highest BCUT2D eigenvalue weighted by Gasteiger charge is 2.37. The van der Waals surface area contributed by atoms with Crippen molar-refractivity contribution in [3.05, 3.63) is 94.5 Å². The van der Waals surface area contributed by atoms with Crippen molar-refractivity contribution >= 4 is 22.4 Å². The summed E-state index contributed by atoms with van der Waals surface area (Å²) in [5.74, 6) is -0.124. The Bertz CT molecular complexity index is 1510. The Morgan fingerprint density at radius 2 is 1.56 bits per heavy atom. The van der Waals surface area contributed by atoms with Crippen LogP contribution in [0, 0.1) is 0 Å². The first kappa shape index (κ1) is 37.3. The zero-order valence-corrected chi connectivity index (χ0v) is 27.1. The van der Waals surface area contributed by atoms with Gasteiger partial charge in [0.15, 0.2) is 0 Å². The van der Waals surface area contributed by atoms with Crippen LogP contribution in [0.2, 0.25) is 0 Å². The molecule has 48 heavy (non-hydrogen) atoms. The van der Waals surface area contributed by atoms with Gasteiger partial charge in [0, 0.05) is 31.3 Å². The molecular weight excluding hydrogens is 664 g/mol. The van der Waals surface area contributed by atoms with E-state index in [0.29, 0.717) is 43.0 Å². The lowest BCUT2D eigenvalue weighted by Crippen LogP contribution is -2.48. The minimum absolute atomic E-state index is 0.0457. The summed E-state index contributed by atoms with van der Waals surface area (Å²) in [7, 11) is -3.12. The number of carbonyl (C=O) groups excluding carboxylic acids is 1. The molecule has 8 nitrogen and oxygen atoms in total. The van der Waals surface area contributed by atoms with Gasteiger partial charge in [-0.3, -0.25) is 18.2 Å². The van der Waals surface area contributed by atoms with Crippen LogP contribution in [-0.2, 0) is 25.3 Å². The number of aliphatic hydroxyl groups excluding tert-OH is 1. The molecule has 0 aliphatic carbocycles. The zero-order chi connectivity index (χ0) is 35.3. The number of hydrogen-bond acceptors (Lipinski definition) is 7. The smallest absolute Gasteiger partial charge is 0.416 e. The topological polar surface area (TPSA) is 114 Å². The van der Waals surface area contributed by atoms with Crippen molar-refractivity contribution in [3.63, 3.8) is 0 Å². The Balaban J connectivity index is 1.56. The molecule has 3 aromatic rings. The molecule has 2 atom stereocenters. The maximum absolute atomic E-state index is 13.7. The predicted molar refractivity (Wildman–Crippen MR) is 172 cm³/mol. The fourth-order valence-electron chi connectivity index (χ4n) is 5.34. The second kappa shape index (κ2) is 15.4. The molecule has 1 aliphatic rings. The number of nitrogens with one attached hydrogen (secondary N) is 2. The molecule has 0 spiro atoms. The number of halogens is 6. The molecule has 3 aromatic carbocycles. The van der Waals surface area contributed by atoms with Crippen LogP contribution in [0.5, 0.6) is 5.75 Å². The van der Waals surface area contributed by atoms with E-state index in [-0.39, 0.29) is 42.0 Å². The van der Waals surface area contributed by atoms with Gasteiger partial charge in [-0.25, -0.2) is 0 Å². The van der Waals surface area contributed by atoms with Crippen molar-refractivity contribution in [2.45, 2.75) is 70.3 Å². The normalized spacial score (nSPS) is 17.1. The molecule has 0 bridgehead atoms. The van der Waals surface area contributed by atoms with Crippen molar-refractivity contribution in [2.75, 3.05) is 23.1 Å². The molecule has 1 amide bonds. The van der Waals surface area contributed by atoms with Crippen LogP contribution in [0.15, 0.2) is 66.7 Å². The van der Waals surface area contributed by atoms with Crippen molar-refractivity contribution < 1.29 is 50.1 Å². The summed E-state index contributed by atoms with van der Waals surface area (Å²) in [6.07, 6.45) is -10.1. The van der Waals surface area contributed by atoms with Crippen molar-refractivity contribution in [1.29, 1.82) is 0 Å².